The highest BCUT2D eigenvalue weighted by Gasteiger charge is 2.08. The van der Waals surface area contributed by atoms with Crippen LogP contribution < -0.4 is 15.8 Å². The van der Waals surface area contributed by atoms with E-state index in [2.05, 4.69) is 15.2 Å². The predicted molar refractivity (Wildman–Crippen MR) is 89.6 cm³/mol. The molecule has 1 aromatic carbocycles. The van der Waals surface area contributed by atoms with Crippen LogP contribution in [0.4, 0.5) is 5.69 Å². The maximum Gasteiger partial charge on any atom is 0.193 e. The largest absolute Gasteiger partial charge is 0.497 e. The average Bonchev–Trinajstić information content (AvgIpc) is 2.55. The molecule has 1 aliphatic rings. The van der Waals surface area contributed by atoms with E-state index in [0.29, 0.717) is 5.96 Å². The van der Waals surface area contributed by atoms with Crippen LogP contribution in [0, 0.1) is 0 Å². The van der Waals surface area contributed by atoms with Crippen molar-refractivity contribution < 1.29 is 9.47 Å². The van der Waals surface area contributed by atoms with Crippen LogP contribution in [0.1, 0.15) is 12.8 Å². The molecule has 122 valence electrons. The zero-order chi connectivity index (χ0) is 15.6. The smallest absolute Gasteiger partial charge is 0.193 e. The van der Waals surface area contributed by atoms with Crippen molar-refractivity contribution in [2.24, 2.45) is 10.7 Å². The monoisotopic (exact) mass is 306 g/mol. The normalized spacial score (nSPS) is 16.5. The van der Waals surface area contributed by atoms with Crippen molar-refractivity contribution in [1.29, 1.82) is 0 Å². The van der Waals surface area contributed by atoms with Crippen LogP contribution in [0.25, 0.3) is 0 Å². The standard InChI is InChI=1S/C16H26N4O2/c1-21-15-6-4-5-14(13-15)19-16(17)18-7-2-3-8-20-9-11-22-12-10-20/h4-6,13H,2-3,7-12H2,1H3,(H3,17,18,19). The van der Waals surface area contributed by atoms with Gasteiger partial charge < -0.3 is 20.5 Å². The van der Waals surface area contributed by atoms with Crippen molar-refractivity contribution in [3.63, 3.8) is 0 Å². The second kappa shape index (κ2) is 9.27. The molecule has 0 saturated carbocycles. The molecular weight excluding hydrogens is 280 g/mol. The molecular formula is C16H26N4O2. The Morgan fingerprint density at radius 2 is 2.18 bits per heavy atom. The first kappa shape index (κ1) is 16.6. The molecule has 1 fully saturated rings. The molecule has 0 radical (unpaired) electrons. The fourth-order valence-corrected chi connectivity index (χ4v) is 2.36. The number of hydrogen-bond acceptors (Lipinski definition) is 4. The molecule has 22 heavy (non-hydrogen) atoms. The van der Waals surface area contributed by atoms with Gasteiger partial charge in [0.1, 0.15) is 5.75 Å². The lowest BCUT2D eigenvalue weighted by Crippen LogP contribution is -2.36. The number of aliphatic imine (C=N–C) groups is 1. The SMILES string of the molecule is COc1cccc(NC(N)=NCCCCN2CCOCC2)c1. The summed E-state index contributed by atoms with van der Waals surface area (Å²) in [5, 5.41) is 3.08. The summed E-state index contributed by atoms with van der Waals surface area (Å²) < 4.78 is 10.5. The van der Waals surface area contributed by atoms with E-state index < -0.39 is 0 Å². The molecule has 0 amide bonds. The van der Waals surface area contributed by atoms with Gasteiger partial charge in [-0.1, -0.05) is 6.07 Å². The molecule has 0 unspecified atom stereocenters. The first-order chi connectivity index (χ1) is 10.8. The lowest BCUT2D eigenvalue weighted by Gasteiger charge is -2.26. The molecule has 6 heteroatoms. The van der Waals surface area contributed by atoms with Gasteiger partial charge in [-0.25, -0.2) is 0 Å². The van der Waals surface area contributed by atoms with Gasteiger partial charge in [-0.3, -0.25) is 9.89 Å². The van der Waals surface area contributed by atoms with E-state index in [4.69, 9.17) is 15.2 Å². The Morgan fingerprint density at radius 1 is 1.36 bits per heavy atom. The first-order valence-electron chi connectivity index (χ1n) is 7.79. The number of benzene rings is 1. The van der Waals surface area contributed by atoms with Crippen molar-refractivity contribution in [3.8, 4) is 5.75 Å². The van der Waals surface area contributed by atoms with E-state index in [1.165, 1.54) is 0 Å². The van der Waals surface area contributed by atoms with Crippen molar-refractivity contribution in [2.75, 3.05) is 51.8 Å². The van der Waals surface area contributed by atoms with Crippen LogP contribution in [-0.2, 0) is 4.74 Å². The lowest BCUT2D eigenvalue weighted by molar-refractivity contribution is 0.0373. The number of unbranched alkanes of at least 4 members (excludes halogenated alkanes) is 1. The number of methoxy groups -OCH3 is 1. The Morgan fingerprint density at radius 3 is 2.95 bits per heavy atom. The second-order valence-electron chi connectivity index (χ2n) is 5.29. The van der Waals surface area contributed by atoms with Crippen LogP contribution in [0.2, 0.25) is 0 Å². The van der Waals surface area contributed by atoms with E-state index in [-0.39, 0.29) is 0 Å². The maximum atomic E-state index is 5.89. The van der Waals surface area contributed by atoms with Crippen LogP contribution in [0.15, 0.2) is 29.3 Å². The number of hydrogen-bond donors (Lipinski definition) is 2. The van der Waals surface area contributed by atoms with Gasteiger partial charge in [0.15, 0.2) is 5.96 Å². The molecule has 0 aromatic heterocycles. The highest BCUT2D eigenvalue weighted by molar-refractivity contribution is 5.92. The Bertz CT molecular complexity index is 473. The highest BCUT2D eigenvalue weighted by Crippen LogP contribution is 2.16. The van der Waals surface area contributed by atoms with Crippen molar-refractivity contribution in [3.05, 3.63) is 24.3 Å². The van der Waals surface area contributed by atoms with E-state index in [1.54, 1.807) is 7.11 Å². The quantitative estimate of drug-likeness (QED) is 0.454. The van der Waals surface area contributed by atoms with E-state index in [1.807, 2.05) is 24.3 Å². The number of anilines is 1. The number of ether oxygens (including phenoxy) is 2. The van der Waals surface area contributed by atoms with Gasteiger partial charge >= 0.3 is 0 Å². The fourth-order valence-electron chi connectivity index (χ4n) is 2.36. The van der Waals surface area contributed by atoms with E-state index in [0.717, 1.165) is 63.7 Å². The van der Waals surface area contributed by atoms with E-state index in [9.17, 15) is 0 Å². The summed E-state index contributed by atoms with van der Waals surface area (Å²) >= 11 is 0. The van der Waals surface area contributed by atoms with Crippen LogP contribution >= 0.6 is 0 Å². The van der Waals surface area contributed by atoms with Gasteiger partial charge in [-0.15, -0.1) is 0 Å². The number of nitrogens with two attached hydrogens (primary N) is 1. The van der Waals surface area contributed by atoms with Crippen molar-refractivity contribution in [1.82, 2.24) is 4.90 Å². The predicted octanol–water partition coefficient (Wildman–Crippen LogP) is 1.53. The van der Waals surface area contributed by atoms with Crippen LogP contribution in [0.3, 0.4) is 0 Å². The number of nitrogens with zero attached hydrogens (tertiary/aromatic N) is 2. The third-order valence-electron chi connectivity index (χ3n) is 3.61. The molecule has 1 heterocycles. The molecule has 1 aliphatic heterocycles. The first-order valence-corrected chi connectivity index (χ1v) is 7.79. The van der Waals surface area contributed by atoms with Gasteiger partial charge in [0.2, 0.25) is 0 Å². The summed E-state index contributed by atoms with van der Waals surface area (Å²) in [6, 6.07) is 7.63. The van der Waals surface area contributed by atoms with Gasteiger partial charge in [0.25, 0.3) is 0 Å². The summed E-state index contributed by atoms with van der Waals surface area (Å²) in [6.07, 6.45) is 2.17. The Kier molecular flexibility index (Phi) is 6.99. The van der Waals surface area contributed by atoms with Gasteiger partial charge in [0, 0.05) is 31.4 Å². The van der Waals surface area contributed by atoms with Gasteiger partial charge in [0.05, 0.1) is 20.3 Å². The minimum absolute atomic E-state index is 0.444. The molecule has 0 atom stereocenters. The topological polar surface area (TPSA) is 72.1 Å². The maximum absolute atomic E-state index is 5.89. The molecule has 0 spiro atoms. The van der Waals surface area contributed by atoms with Gasteiger partial charge in [-0.05, 0) is 31.5 Å². The lowest BCUT2D eigenvalue weighted by atomic mass is 10.3. The zero-order valence-corrected chi connectivity index (χ0v) is 13.3. The number of morpholine rings is 1. The molecule has 3 N–H and O–H groups in total. The summed E-state index contributed by atoms with van der Waals surface area (Å²) in [5.74, 6) is 1.24. The van der Waals surface area contributed by atoms with Crippen molar-refractivity contribution >= 4 is 11.6 Å². The summed E-state index contributed by atoms with van der Waals surface area (Å²) in [4.78, 5) is 6.79. The van der Waals surface area contributed by atoms with E-state index >= 15 is 0 Å². The molecule has 0 bridgehead atoms. The molecule has 1 saturated heterocycles. The minimum Gasteiger partial charge on any atom is -0.497 e. The number of guanidine groups is 1. The third-order valence-corrected chi connectivity index (χ3v) is 3.61. The summed E-state index contributed by atoms with van der Waals surface area (Å²) in [7, 11) is 1.64. The third kappa shape index (κ3) is 5.91. The van der Waals surface area contributed by atoms with Crippen LogP contribution in [0.5, 0.6) is 5.75 Å². The number of nitrogens with one attached hydrogen (secondary N) is 1. The summed E-state index contributed by atoms with van der Waals surface area (Å²) in [6.45, 7) is 5.66. The Balaban J connectivity index is 1.64. The molecule has 6 nitrogen and oxygen atoms in total. The van der Waals surface area contributed by atoms with Crippen LogP contribution in [-0.4, -0.2) is 57.4 Å². The highest BCUT2D eigenvalue weighted by atomic mass is 16.5. The van der Waals surface area contributed by atoms with Crippen molar-refractivity contribution in [2.45, 2.75) is 12.8 Å². The average molecular weight is 306 g/mol. The molecule has 1 aromatic rings. The Hall–Kier alpha value is -1.79. The zero-order valence-electron chi connectivity index (χ0n) is 13.3. The second-order valence-corrected chi connectivity index (χ2v) is 5.29. The fraction of sp³-hybridized carbons (Fsp3) is 0.562. The van der Waals surface area contributed by atoms with Gasteiger partial charge in [-0.2, -0.15) is 0 Å². The minimum atomic E-state index is 0.444. The molecule has 2 rings (SSSR count). The molecule has 0 aliphatic carbocycles. The summed E-state index contributed by atoms with van der Waals surface area (Å²) in [5.41, 5.74) is 6.78. The number of rotatable bonds is 7. The Labute approximate surface area is 132 Å².